The van der Waals surface area contributed by atoms with Crippen molar-refractivity contribution in [3.8, 4) is 11.5 Å². The average molecular weight is 290 g/mol. The van der Waals surface area contributed by atoms with E-state index in [0.717, 1.165) is 5.56 Å². The van der Waals surface area contributed by atoms with Gasteiger partial charge in [-0.25, -0.2) is 4.39 Å². The van der Waals surface area contributed by atoms with Crippen LogP contribution in [0.1, 0.15) is 18.1 Å². The normalized spacial score (nSPS) is 13.6. The van der Waals surface area contributed by atoms with E-state index < -0.39 is 5.60 Å². The Balaban J connectivity index is 2.31. The van der Waals surface area contributed by atoms with Crippen LogP contribution in [0.2, 0.25) is 0 Å². The van der Waals surface area contributed by atoms with Crippen LogP contribution in [0.3, 0.4) is 0 Å². The van der Waals surface area contributed by atoms with Gasteiger partial charge in [-0.05, 0) is 42.3 Å². The predicted molar refractivity (Wildman–Crippen MR) is 79.2 cm³/mol. The standard InChI is InChI=1S/C17H19FO3/c1-17(19,11-12-4-6-14(18)7-5-12)13-8-15(20-2)10-16(9-13)21-3/h4-10,19H,11H2,1-3H3. The highest BCUT2D eigenvalue weighted by molar-refractivity contribution is 5.41. The zero-order valence-electron chi connectivity index (χ0n) is 12.4. The number of hydrogen-bond donors (Lipinski definition) is 1. The topological polar surface area (TPSA) is 38.7 Å². The summed E-state index contributed by atoms with van der Waals surface area (Å²) in [6.07, 6.45) is 0.365. The van der Waals surface area contributed by atoms with Crippen LogP contribution in [-0.4, -0.2) is 19.3 Å². The molecular weight excluding hydrogens is 271 g/mol. The second-order valence-corrected chi connectivity index (χ2v) is 5.18. The molecule has 0 radical (unpaired) electrons. The highest BCUT2D eigenvalue weighted by Gasteiger charge is 2.25. The molecule has 0 spiro atoms. The summed E-state index contributed by atoms with van der Waals surface area (Å²) in [6.45, 7) is 1.71. The zero-order valence-corrected chi connectivity index (χ0v) is 12.4. The lowest BCUT2D eigenvalue weighted by Gasteiger charge is -2.25. The Morgan fingerprint density at radius 1 is 1.00 bits per heavy atom. The summed E-state index contributed by atoms with van der Waals surface area (Å²) in [5.74, 6) is 0.939. The Morgan fingerprint density at radius 3 is 2.00 bits per heavy atom. The van der Waals surface area contributed by atoms with Gasteiger partial charge in [-0.3, -0.25) is 0 Å². The summed E-state index contributed by atoms with van der Waals surface area (Å²) in [7, 11) is 3.13. The van der Waals surface area contributed by atoms with E-state index in [-0.39, 0.29) is 5.82 Å². The fourth-order valence-electron chi connectivity index (χ4n) is 2.22. The van der Waals surface area contributed by atoms with E-state index in [0.29, 0.717) is 23.5 Å². The van der Waals surface area contributed by atoms with Gasteiger partial charge in [-0.15, -0.1) is 0 Å². The molecule has 1 N–H and O–H groups in total. The van der Waals surface area contributed by atoms with Gasteiger partial charge >= 0.3 is 0 Å². The molecule has 0 saturated carbocycles. The minimum atomic E-state index is -1.11. The lowest BCUT2D eigenvalue weighted by atomic mass is 9.89. The third-order valence-corrected chi connectivity index (χ3v) is 3.43. The fourth-order valence-corrected chi connectivity index (χ4v) is 2.22. The van der Waals surface area contributed by atoms with Crippen molar-refractivity contribution >= 4 is 0 Å². The molecule has 1 atom stereocenters. The Kier molecular flexibility index (Phi) is 4.48. The summed E-state index contributed by atoms with van der Waals surface area (Å²) in [4.78, 5) is 0. The van der Waals surface area contributed by atoms with Crippen LogP contribution in [0.25, 0.3) is 0 Å². The number of methoxy groups -OCH3 is 2. The number of hydrogen-bond acceptors (Lipinski definition) is 3. The Labute approximate surface area is 124 Å². The molecular formula is C17H19FO3. The van der Waals surface area contributed by atoms with E-state index in [1.54, 1.807) is 51.5 Å². The second-order valence-electron chi connectivity index (χ2n) is 5.18. The van der Waals surface area contributed by atoms with Gasteiger partial charge in [0, 0.05) is 12.5 Å². The zero-order chi connectivity index (χ0) is 15.5. The predicted octanol–water partition coefficient (Wildman–Crippen LogP) is 3.29. The monoisotopic (exact) mass is 290 g/mol. The van der Waals surface area contributed by atoms with E-state index in [9.17, 15) is 9.50 Å². The van der Waals surface area contributed by atoms with Gasteiger partial charge < -0.3 is 14.6 Å². The molecule has 0 bridgehead atoms. The third kappa shape index (κ3) is 3.73. The van der Waals surface area contributed by atoms with Crippen molar-refractivity contribution in [3.63, 3.8) is 0 Å². The van der Waals surface area contributed by atoms with E-state index in [1.165, 1.54) is 12.1 Å². The molecule has 2 aromatic carbocycles. The molecule has 4 heteroatoms. The van der Waals surface area contributed by atoms with Crippen LogP contribution in [0.15, 0.2) is 42.5 Å². The first-order chi connectivity index (χ1) is 9.94. The van der Waals surface area contributed by atoms with Crippen LogP contribution < -0.4 is 9.47 Å². The van der Waals surface area contributed by atoms with Gasteiger partial charge in [0.1, 0.15) is 17.3 Å². The third-order valence-electron chi connectivity index (χ3n) is 3.43. The number of benzene rings is 2. The van der Waals surface area contributed by atoms with Gasteiger partial charge in [0.2, 0.25) is 0 Å². The average Bonchev–Trinajstić information content (AvgIpc) is 2.48. The fraction of sp³-hybridized carbons (Fsp3) is 0.294. The molecule has 0 fully saturated rings. The number of ether oxygens (including phenoxy) is 2. The van der Waals surface area contributed by atoms with Crippen LogP contribution in [-0.2, 0) is 12.0 Å². The lowest BCUT2D eigenvalue weighted by Crippen LogP contribution is -2.24. The highest BCUT2D eigenvalue weighted by atomic mass is 19.1. The van der Waals surface area contributed by atoms with Gasteiger partial charge in [-0.2, -0.15) is 0 Å². The van der Waals surface area contributed by atoms with Crippen LogP contribution in [0.4, 0.5) is 4.39 Å². The van der Waals surface area contributed by atoms with Crippen LogP contribution in [0, 0.1) is 5.82 Å². The van der Waals surface area contributed by atoms with Gasteiger partial charge in [-0.1, -0.05) is 12.1 Å². The molecule has 0 aliphatic rings. The van der Waals surface area contributed by atoms with Crippen LogP contribution in [0.5, 0.6) is 11.5 Å². The minimum absolute atomic E-state index is 0.290. The maximum absolute atomic E-state index is 12.9. The first kappa shape index (κ1) is 15.3. The lowest BCUT2D eigenvalue weighted by molar-refractivity contribution is 0.0571. The number of aliphatic hydroxyl groups is 1. The summed E-state index contributed by atoms with van der Waals surface area (Å²) >= 11 is 0. The van der Waals surface area contributed by atoms with Crippen molar-refractivity contribution in [2.75, 3.05) is 14.2 Å². The van der Waals surface area contributed by atoms with E-state index in [1.807, 2.05) is 0 Å². The summed E-state index contributed by atoms with van der Waals surface area (Å²) < 4.78 is 23.4. The second kappa shape index (κ2) is 6.14. The molecule has 3 nitrogen and oxygen atoms in total. The number of rotatable bonds is 5. The first-order valence-corrected chi connectivity index (χ1v) is 6.65. The first-order valence-electron chi connectivity index (χ1n) is 6.65. The van der Waals surface area contributed by atoms with Crippen molar-refractivity contribution < 1.29 is 19.0 Å². The smallest absolute Gasteiger partial charge is 0.123 e. The molecule has 21 heavy (non-hydrogen) atoms. The SMILES string of the molecule is COc1cc(OC)cc(C(C)(O)Cc2ccc(F)cc2)c1. The Hall–Kier alpha value is -2.07. The molecule has 1 unspecified atom stereocenters. The summed E-state index contributed by atoms with van der Waals surface area (Å²) in [5.41, 5.74) is 0.422. The van der Waals surface area contributed by atoms with Crippen molar-refractivity contribution in [1.82, 2.24) is 0 Å². The van der Waals surface area contributed by atoms with E-state index >= 15 is 0 Å². The summed E-state index contributed by atoms with van der Waals surface area (Å²) in [6, 6.07) is 11.4. The molecule has 2 aromatic rings. The molecule has 0 aromatic heterocycles. The molecule has 0 saturated heterocycles. The van der Waals surface area contributed by atoms with Crippen molar-refractivity contribution in [1.29, 1.82) is 0 Å². The molecule has 0 heterocycles. The quantitative estimate of drug-likeness (QED) is 0.918. The van der Waals surface area contributed by atoms with Gasteiger partial charge in [0.25, 0.3) is 0 Å². The highest BCUT2D eigenvalue weighted by Crippen LogP contribution is 2.32. The molecule has 0 aliphatic carbocycles. The largest absolute Gasteiger partial charge is 0.497 e. The molecule has 0 amide bonds. The van der Waals surface area contributed by atoms with Crippen molar-refractivity contribution in [3.05, 3.63) is 59.4 Å². The van der Waals surface area contributed by atoms with Crippen LogP contribution >= 0.6 is 0 Å². The maximum Gasteiger partial charge on any atom is 0.123 e. The molecule has 2 rings (SSSR count). The number of halogens is 1. The Morgan fingerprint density at radius 2 is 1.52 bits per heavy atom. The minimum Gasteiger partial charge on any atom is -0.497 e. The van der Waals surface area contributed by atoms with Gasteiger partial charge in [0.05, 0.1) is 19.8 Å². The molecule has 112 valence electrons. The molecule has 0 aliphatic heterocycles. The van der Waals surface area contributed by atoms with Gasteiger partial charge in [0.15, 0.2) is 0 Å². The maximum atomic E-state index is 12.9. The van der Waals surface area contributed by atoms with Crippen molar-refractivity contribution in [2.24, 2.45) is 0 Å². The van der Waals surface area contributed by atoms with E-state index in [4.69, 9.17) is 9.47 Å². The van der Waals surface area contributed by atoms with Crippen molar-refractivity contribution in [2.45, 2.75) is 18.9 Å². The summed E-state index contributed by atoms with van der Waals surface area (Å²) in [5, 5.41) is 10.7. The van der Waals surface area contributed by atoms with E-state index in [2.05, 4.69) is 0 Å². The Bertz CT molecular complexity index is 584.